The van der Waals surface area contributed by atoms with Gasteiger partial charge in [0, 0.05) is 17.6 Å². The molecule has 0 spiro atoms. The predicted molar refractivity (Wildman–Crippen MR) is 94.4 cm³/mol. The van der Waals surface area contributed by atoms with Gasteiger partial charge in [0.15, 0.2) is 0 Å². The molecule has 0 bridgehead atoms. The van der Waals surface area contributed by atoms with Crippen LogP contribution in [0.3, 0.4) is 0 Å². The molecule has 1 atom stereocenters. The van der Waals surface area contributed by atoms with Crippen molar-refractivity contribution in [1.29, 1.82) is 0 Å². The minimum Gasteiger partial charge on any atom is -0.312 e. The Labute approximate surface area is 136 Å². The summed E-state index contributed by atoms with van der Waals surface area (Å²) in [6.07, 6.45) is 1.95. The molecule has 1 aromatic heterocycles. The van der Waals surface area contributed by atoms with Gasteiger partial charge in [0.2, 0.25) is 0 Å². The molecule has 3 N–H and O–H groups in total. The van der Waals surface area contributed by atoms with Crippen LogP contribution in [0.15, 0.2) is 48.5 Å². The fourth-order valence-corrected chi connectivity index (χ4v) is 3.52. The summed E-state index contributed by atoms with van der Waals surface area (Å²) in [5.41, 5.74) is 13.6. The number of aryl methyl sites for hydroxylation is 1. The number of nitrogens with zero attached hydrogens (tertiary/aromatic N) is 1. The van der Waals surface area contributed by atoms with E-state index in [4.69, 9.17) is 5.73 Å². The summed E-state index contributed by atoms with van der Waals surface area (Å²) in [4.78, 5) is 4.63. The lowest BCUT2D eigenvalue weighted by molar-refractivity contribution is 0.521. The molecular weight excluding hydrogens is 282 g/mol. The molecule has 1 aliphatic heterocycles. The molecule has 116 valence electrons. The average Bonchev–Trinajstić information content (AvgIpc) is 2.55. The Kier molecular flexibility index (Phi) is 3.60. The lowest BCUT2D eigenvalue weighted by Crippen LogP contribution is -2.35. The van der Waals surface area contributed by atoms with Crippen LogP contribution in [0.2, 0.25) is 0 Å². The van der Waals surface area contributed by atoms with Gasteiger partial charge in [0.25, 0.3) is 0 Å². The van der Waals surface area contributed by atoms with Gasteiger partial charge in [-0.25, -0.2) is 0 Å². The second-order valence-electron chi connectivity index (χ2n) is 6.33. The molecule has 0 saturated carbocycles. The Balaban J connectivity index is 1.74. The maximum atomic E-state index is 6.12. The summed E-state index contributed by atoms with van der Waals surface area (Å²) >= 11 is 0. The Morgan fingerprint density at radius 1 is 1.17 bits per heavy atom. The highest BCUT2D eigenvalue weighted by Crippen LogP contribution is 2.25. The highest BCUT2D eigenvalue weighted by atomic mass is 15.0. The van der Waals surface area contributed by atoms with Crippen molar-refractivity contribution in [2.75, 3.05) is 6.54 Å². The third-order valence-electron chi connectivity index (χ3n) is 4.63. The highest BCUT2D eigenvalue weighted by molar-refractivity contribution is 5.82. The van der Waals surface area contributed by atoms with E-state index in [9.17, 15) is 0 Å². The van der Waals surface area contributed by atoms with E-state index in [2.05, 4.69) is 59.7 Å². The van der Waals surface area contributed by atoms with Crippen molar-refractivity contribution in [2.45, 2.75) is 25.9 Å². The van der Waals surface area contributed by atoms with Crippen molar-refractivity contribution < 1.29 is 0 Å². The Morgan fingerprint density at radius 3 is 2.96 bits per heavy atom. The van der Waals surface area contributed by atoms with Gasteiger partial charge in [0.1, 0.15) is 0 Å². The number of nitrogens with one attached hydrogen (secondary N) is 1. The van der Waals surface area contributed by atoms with Gasteiger partial charge in [-0.15, -0.1) is 0 Å². The van der Waals surface area contributed by atoms with Crippen LogP contribution in [-0.4, -0.2) is 11.5 Å². The first-order chi connectivity index (χ1) is 11.2. The van der Waals surface area contributed by atoms with Crippen LogP contribution in [0.4, 0.5) is 0 Å². The minimum atomic E-state index is -0.0307. The Morgan fingerprint density at radius 2 is 2.04 bits per heavy atom. The first-order valence-corrected chi connectivity index (χ1v) is 8.16. The fourth-order valence-electron chi connectivity index (χ4n) is 3.52. The number of fused-ring (bicyclic) bond motifs is 2. The number of para-hydroxylation sites is 1. The number of pyridine rings is 1. The van der Waals surface area contributed by atoms with Crippen LogP contribution in [0.1, 0.15) is 34.1 Å². The van der Waals surface area contributed by atoms with Gasteiger partial charge >= 0.3 is 0 Å². The van der Waals surface area contributed by atoms with Crippen LogP contribution in [0.5, 0.6) is 0 Å². The van der Waals surface area contributed by atoms with Crippen molar-refractivity contribution in [3.8, 4) is 0 Å². The van der Waals surface area contributed by atoms with Crippen LogP contribution in [0.25, 0.3) is 10.9 Å². The van der Waals surface area contributed by atoms with E-state index in [0.29, 0.717) is 0 Å². The molecule has 1 unspecified atom stereocenters. The third-order valence-corrected chi connectivity index (χ3v) is 4.63. The summed E-state index contributed by atoms with van der Waals surface area (Å²) in [6, 6.07) is 17.3. The van der Waals surface area contributed by atoms with Gasteiger partial charge < -0.3 is 5.73 Å². The van der Waals surface area contributed by atoms with E-state index < -0.39 is 0 Å². The zero-order valence-electron chi connectivity index (χ0n) is 13.3. The van der Waals surface area contributed by atoms with Crippen molar-refractivity contribution in [3.05, 3.63) is 76.5 Å². The van der Waals surface area contributed by atoms with Crippen molar-refractivity contribution in [2.24, 2.45) is 5.73 Å². The predicted octanol–water partition coefficient (Wildman–Crippen LogP) is 3.24. The van der Waals surface area contributed by atoms with Gasteiger partial charge in [0.05, 0.1) is 11.7 Å². The van der Waals surface area contributed by atoms with Crippen LogP contribution < -0.4 is 11.1 Å². The molecule has 3 aromatic rings. The quantitative estimate of drug-likeness (QED) is 0.764. The molecule has 0 radical (unpaired) electrons. The lowest BCUT2D eigenvalue weighted by atomic mass is 9.93. The smallest absolute Gasteiger partial charge is 0.0812 e. The largest absolute Gasteiger partial charge is 0.312 e. The summed E-state index contributed by atoms with van der Waals surface area (Å²) < 4.78 is 0. The monoisotopic (exact) mass is 303 g/mol. The summed E-state index contributed by atoms with van der Waals surface area (Å²) in [7, 11) is 0. The molecule has 0 amide bonds. The third kappa shape index (κ3) is 2.74. The summed E-state index contributed by atoms with van der Waals surface area (Å²) in [5, 5.41) is 4.55. The van der Waals surface area contributed by atoms with Gasteiger partial charge in [-0.2, -0.15) is 0 Å². The zero-order chi connectivity index (χ0) is 15.8. The topological polar surface area (TPSA) is 50.9 Å². The number of hydrogen-bond donors (Lipinski definition) is 2. The molecule has 2 aromatic carbocycles. The minimum absolute atomic E-state index is 0.0307. The van der Waals surface area contributed by atoms with Crippen molar-refractivity contribution >= 4 is 10.9 Å². The van der Waals surface area contributed by atoms with Crippen molar-refractivity contribution in [1.82, 2.24) is 10.3 Å². The van der Waals surface area contributed by atoms with Crippen LogP contribution >= 0.6 is 0 Å². The first-order valence-electron chi connectivity index (χ1n) is 8.16. The second-order valence-corrected chi connectivity index (χ2v) is 6.33. The maximum absolute atomic E-state index is 6.12. The molecule has 23 heavy (non-hydrogen) atoms. The second kappa shape index (κ2) is 5.76. The van der Waals surface area contributed by atoms with E-state index in [1.165, 1.54) is 27.6 Å². The molecule has 4 rings (SSSR count). The van der Waals surface area contributed by atoms with E-state index >= 15 is 0 Å². The number of benzene rings is 2. The molecule has 3 heteroatoms. The standard InChI is InChI=1S/C20H21N3/c1-13-10-16(17-4-2-3-5-19(17)23-13)12-14-6-7-18-15(11-14)8-9-22-20(18)21/h2-7,10-11,20,22H,8-9,12,21H2,1H3. The van der Waals surface area contributed by atoms with Gasteiger partial charge in [-0.1, -0.05) is 36.4 Å². The molecule has 3 nitrogen and oxygen atoms in total. The number of hydrogen-bond acceptors (Lipinski definition) is 3. The first kappa shape index (κ1) is 14.4. The molecule has 0 aliphatic carbocycles. The fraction of sp³-hybridized carbons (Fsp3) is 0.250. The maximum Gasteiger partial charge on any atom is 0.0812 e. The SMILES string of the molecule is Cc1cc(Cc2ccc3c(c2)CCNC3N)c2ccccc2n1. The number of aromatic nitrogens is 1. The summed E-state index contributed by atoms with van der Waals surface area (Å²) in [6.45, 7) is 3.02. The van der Waals surface area contributed by atoms with E-state index in [-0.39, 0.29) is 6.17 Å². The summed E-state index contributed by atoms with van der Waals surface area (Å²) in [5.74, 6) is 0. The highest BCUT2D eigenvalue weighted by Gasteiger charge is 2.16. The Bertz CT molecular complexity index is 870. The van der Waals surface area contributed by atoms with E-state index in [1.54, 1.807) is 0 Å². The lowest BCUT2D eigenvalue weighted by Gasteiger charge is -2.24. The molecule has 0 saturated heterocycles. The number of rotatable bonds is 2. The van der Waals surface area contributed by atoms with Gasteiger partial charge in [-0.05, 0) is 54.2 Å². The zero-order valence-corrected chi connectivity index (χ0v) is 13.3. The van der Waals surface area contributed by atoms with E-state index in [1.807, 2.05) is 6.07 Å². The normalized spacial score (nSPS) is 17.2. The molecule has 1 aliphatic rings. The van der Waals surface area contributed by atoms with Crippen LogP contribution in [-0.2, 0) is 12.8 Å². The average molecular weight is 303 g/mol. The Hall–Kier alpha value is -2.23. The number of nitrogens with two attached hydrogens (primary N) is 1. The molecular formula is C20H21N3. The van der Waals surface area contributed by atoms with E-state index in [0.717, 1.165) is 30.6 Å². The van der Waals surface area contributed by atoms with Crippen LogP contribution in [0, 0.1) is 6.92 Å². The van der Waals surface area contributed by atoms with Gasteiger partial charge in [-0.3, -0.25) is 10.3 Å². The molecule has 2 heterocycles. The van der Waals surface area contributed by atoms with Crippen molar-refractivity contribution in [3.63, 3.8) is 0 Å². The molecule has 0 fully saturated rings.